The average molecular weight is 853 g/mol. The van der Waals surface area contributed by atoms with Crippen LogP contribution < -0.4 is 21.2 Å². The summed E-state index contributed by atoms with van der Waals surface area (Å²) in [6.45, 7) is 6.03. The zero-order valence-electron chi connectivity index (χ0n) is 34.1. The number of morpholine rings is 1. The lowest BCUT2D eigenvalue weighted by molar-refractivity contribution is -0.135. The molecule has 8 heterocycles. The Bertz CT molecular complexity index is 2680. The van der Waals surface area contributed by atoms with Crippen molar-refractivity contribution in [2.75, 3.05) is 62.6 Å². The number of nitrogens with one attached hydrogen (secondary N) is 2. The molecule has 5 fully saturated rings. The summed E-state index contributed by atoms with van der Waals surface area (Å²) < 4.78 is 45.8. The minimum Gasteiger partial charge on any atom is -0.346 e. The third-order valence-corrected chi connectivity index (χ3v) is 12.9. The number of ether oxygens (including phenoxy) is 2. The molecular formula is C42H46F2N12O6. The van der Waals surface area contributed by atoms with Gasteiger partial charge in [0, 0.05) is 58.6 Å². The summed E-state index contributed by atoms with van der Waals surface area (Å²) in [6, 6.07) is 6.48. The first-order valence-electron chi connectivity index (χ1n) is 21.1. The molecule has 1 aliphatic carbocycles. The Balaban J connectivity index is 0.718. The lowest BCUT2D eigenvalue weighted by atomic mass is 9.85. The number of imide groups is 1. The maximum absolute atomic E-state index is 14.3. The van der Waals surface area contributed by atoms with Crippen LogP contribution in [0.25, 0.3) is 16.7 Å². The van der Waals surface area contributed by atoms with Gasteiger partial charge in [0.15, 0.2) is 23.9 Å². The molecule has 5 aliphatic rings. The molecule has 3 amide bonds. The van der Waals surface area contributed by atoms with Crippen molar-refractivity contribution in [1.29, 1.82) is 0 Å². The molecule has 18 nitrogen and oxygen atoms in total. The van der Waals surface area contributed by atoms with E-state index in [1.165, 1.54) is 26.0 Å². The van der Waals surface area contributed by atoms with E-state index in [2.05, 4.69) is 47.5 Å². The Hall–Kier alpha value is -6.01. The number of aromatic nitrogens is 7. The van der Waals surface area contributed by atoms with E-state index >= 15 is 0 Å². The maximum Gasteiger partial charge on any atom is 0.329 e. The number of para-hydroxylation sites is 1. The van der Waals surface area contributed by atoms with Crippen LogP contribution in [0, 0.1) is 17.8 Å². The quantitative estimate of drug-likeness (QED) is 0.164. The molecule has 62 heavy (non-hydrogen) atoms. The summed E-state index contributed by atoms with van der Waals surface area (Å²) in [6.07, 6.45) is 5.05. The molecule has 0 spiro atoms. The number of carbonyl (C=O) groups is 3. The minimum absolute atomic E-state index is 0.0286. The topological polar surface area (TPSA) is 178 Å². The zero-order chi connectivity index (χ0) is 42.6. The van der Waals surface area contributed by atoms with E-state index in [0.29, 0.717) is 53.7 Å². The number of fused-ring (bicyclic) bond motifs is 4. The van der Waals surface area contributed by atoms with Gasteiger partial charge in [-0.15, -0.1) is 0 Å². The number of benzene rings is 1. The summed E-state index contributed by atoms with van der Waals surface area (Å²) in [4.78, 5) is 62.5. The molecule has 4 aromatic heterocycles. The van der Waals surface area contributed by atoms with Crippen LogP contribution in [-0.4, -0.2) is 126 Å². The summed E-state index contributed by atoms with van der Waals surface area (Å²) in [5, 5.41) is 13.5. The molecule has 1 aromatic carbocycles. The molecule has 1 unspecified atom stereocenters. The first-order chi connectivity index (χ1) is 30.1. The van der Waals surface area contributed by atoms with E-state index in [1.807, 2.05) is 17.0 Å². The average Bonchev–Trinajstić information content (AvgIpc) is 4.12. The van der Waals surface area contributed by atoms with Crippen molar-refractivity contribution in [1.82, 2.24) is 48.6 Å². The number of carbonyl (C=O) groups excluding carboxylic acids is 3. The molecule has 2 N–H and O–H groups in total. The molecular weight excluding hydrogens is 807 g/mol. The standard InChI is InChI=1S/C42H46F2N12O6/c1-50-37-26(4-2-6-30(37)56(42(50)60)31-11-12-33(57)48-41(31)59)5-3-14-51-16-18-52(19-17-51)21-25-7-9-27(10-8-25)55-22-29(36(49-55)38(43)44)46-40(58)28-20-45-54-15-13-32(47-39(28)54)53-23-35-61-24-34(53)62-35/h2,4,6,13,15,20,22,25,27,31,34-35,38H,7-12,14,16-19,21,23-24H2,1H3,(H,46,58)(H,48,57,59)/t25?,27?,31?,34-,35-/m0/s1. The number of imidazole rings is 1. The van der Waals surface area contributed by atoms with Gasteiger partial charge in [-0.2, -0.15) is 10.2 Å². The third kappa shape index (κ3) is 7.52. The normalized spacial score (nSPS) is 24.6. The molecule has 0 radical (unpaired) electrons. The van der Waals surface area contributed by atoms with Crippen LogP contribution in [0.15, 0.2) is 47.7 Å². The van der Waals surface area contributed by atoms with Crippen LogP contribution in [0.4, 0.5) is 20.3 Å². The zero-order valence-corrected chi connectivity index (χ0v) is 34.1. The molecule has 1 saturated carbocycles. The van der Waals surface area contributed by atoms with Crippen molar-refractivity contribution in [2.45, 2.75) is 69.6 Å². The molecule has 4 aliphatic heterocycles. The summed E-state index contributed by atoms with van der Waals surface area (Å²) in [5.74, 6) is 6.24. The Morgan fingerprint density at radius 3 is 2.60 bits per heavy atom. The van der Waals surface area contributed by atoms with Gasteiger partial charge in [-0.25, -0.2) is 23.1 Å². The highest BCUT2D eigenvalue weighted by molar-refractivity contribution is 6.08. The highest BCUT2D eigenvalue weighted by Crippen LogP contribution is 2.36. The van der Waals surface area contributed by atoms with Crippen LogP contribution in [-0.2, 0) is 26.1 Å². The molecule has 5 aromatic rings. The number of piperazine rings is 1. The van der Waals surface area contributed by atoms with Gasteiger partial charge in [0.25, 0.3) is 12.3 Å². The van der Waals surface area contributed by atoms with Crippen LogP contribution >= 0.6 is 0 Å². The van der Waals surface area contributed by atoms with Gasteiger partial charge in [0.2, 0.25) is 11.8 Å². The van der Waals surface area contributed by atoms with Crippen molar-refractivity contribution in [3.05, 3.63) is 70.2 Å². The predicted molar refractivity (Wildman–Crippen MR) is 219 cm³/mol. The fraction of sp³-hybridized carbons (Fsp3) is 0.500. The van der Waals surface area contributed by atoms with E-state index in [-0.39, 0.29) is 54.2 Å². The van der Waals surface area contributed by atoms with Gasteiger partial charge >= 0.3 is 5.69 Å². The lowest BCUT2D eigenvalue weighted by Gasteiger charge is -2.37. The van der Waals surface area contributed by atoms with E-state index < -0.39 is 30.0 Å². The Morgan fingerprint density at radius 2 is 1.85 bits per heavy atom. The van der Waals surface area contributed by atoms with Crippen LogP contribution in [0.5, 0.6) is 0 Å². The summed E-state index contributed by atoms with van der Waals surface area (Å²) in [5.41, 5.74) is 1.61. The number of halogens is 2. The molecule has 20 heteroatoms. The number of hydrogen-bond acceptors (Lipinski definition) is 12. The van der Waals surface area contributed by atoms with Crippen LogP contribution in [0.3, 0.4) is 0 Å². The largest absolute Gasteiger partial charge is 0.346 e. The predicted octanol–water partition coefficient (Wildman–Crippen LogP) is 2.67. The summed E-state index contributed by atoms with van der Waals surface area (Å²) >= 11 is 0. The van der Waals surface area contributed by atoms with Gasteiger partial charge in [0.1, 0.15) is 17.4 Å². The van der Waals surface area contributed by atoms with Gasteiger partial charge < -0.3 is 24.6 Å². The van der Waals surface area contributed by atoms with Crippen LogP contribution in [0.1, 0.15) is 78.6 Å². The van der Waals surface area contributed by atoms with Gasteiger partial charge in [0.05, 0.1) is 54.2 Å². The number of alkyl halides is 2. The fourth-order valence-corrected chi connectivity index (χ4v) is 9.54. The SMILES string of the molecule is Cn1c(=O)n(C2CCC(=O)NC2=O)c2cccc(C#CCN3CCN(CC4CCC(n5cc(NC(=O)c6cnn7ccc(N8C[C@H]9OC[C@@H]8O9)nc67)c(C(F)F)n5)CC4)CC3)c21. The van der Waals surface area contributed by atoms with Crippen molar-refractivity contribution in [2.24, 2.45) is 13.0 Å². The van der Waals surface area contributed by atoms with Crippen molar-refractivity contribution >= 4 is 45.9 Å². The van der Waals surface area contributed by atoms with Crippen LogP contribution in [0.2, 0.25) is 0 Å². The third-order valence-electron chi connectivity index (χ3n) is 12.9. The number of amides is 3. The van der Waals surface area contributed by atoms with Crippen molar-refractivity contribution in [3.8, 4) is 11.8 Å². The monoisotopic (exact) mass is 852 g/mol. The second-order valence-electron chi connectivity index (χ2n) is 16.7. The number of nitrogens with zero attached hydrogens (tertiary/aromatic N) is 10. The smallest absolute Gasteiger partial charge is 0.329 e. The Kier molecular flexibility index (Phi) is 10.6. The Morgan fingerprint density at radius 1 is 1.05 bits per heavy atom. The van der Waals surface area contributed by atoms with Crippen molar-refractivity contribution in [3.63, 3.8) is 0 Å². The molecule has 4 saturated heterocycles. The number of aryl methyl sites for hydroxylation is 1. The first kappa shape index (κ1) is 40.1. The number of anilines is 2. The number of piperidine rings is 1. The van der Waals surface area contributed by atoms with Gasteiger partial charge in [-0.05, 0) is 56.2 Å². The van der Waals surface area contributed by atoms with E-state index in [0.717, 1.165) is 58.4 Å². The van der Waals surface area contributed by atoms with E-state index in [1.54, 1.807) is 30.1 Å². The lowest BCUT2D eigenvalue weighted by Crippen LogP contribution is -2.48. The molecule has 10 rings (SSSR count). The Labute approximate surface area is 353 Å². The molecule has 2 bridgehead atoms. The fourth-order valence-electron chi connectivity index (χ4n) is 9.54. The maximum atomic E-state index is 14.3. The second kappa shape index (κ2) is 16.4. The van der Waals surface area contributed by atoms with Crippen molar-refractivity contribution < 1.29 is 32.6 Å². The van der Waals surface area contributed by atoms with Gasteiger partial charge in [-0.3, -0.25) is 38.4 Å². The summed E-state index contributed by atoms with van der Waals surface area (Å²) in [7, 11) is 1.67. The van der Waals surface area contributed by atoms with Gasteiger partial charge in [-0.1, -0.05) is 17.9 Å². The molecule has 324 valence electrons. The number of rotatable bonds is 9. The minimum atomic E-state index is -2.88. The first-order valence-corrected chi connectivity index (χ1v) is 21.1. The van der Waals surface area contributed by atoms with E-state index in [9.17, 15) is 28.0 Å². The molecule has 3 atom stereocenters. The highest BCUT2D eigenvalue weighted by Gasteiger charge is 2.41. The number of hydrogen-bond donors (Lipinski definition) is 2. The second-order valence-corrected chi connectivity index (χ2v) is 16.7. The highest BCUT2D eigenvalue weighted by atomic mass is 19.3. The van der Waals surface area contributed by atoms with E-state index in [4.69, 9.17) is 9.47 Å².